The molecule has 5 heteroatoms. The van der Waals surface area contributed by atoms with Gasteiger partial charge < -0.3 is 10.1 Å². The molecule has 0 aliphatic carbocycles. The molecule has 0 atom stereocenters. The van der Waals surface area contributed by atoms with E-state index in [9.17, 15) is 4.79 Å². The molecule has 0 aliphatic heterocycles. The molecule has 1 aromatic carbocycles. The third-order valence-electron chi connectivity index (χ3n) is 1.79. The Kier molecular flexibility index (Phi) is 6.82. The van der Waals surface area contributed by atoms with E-state index in [2.05, 4.69) is 27.9 Å². The summed E-state index contributed by atoms with van der Waals surface area (Å²) >= 11 is 3.80. The molecule has 16 heavy (non-hydrogen) atoms. The number of carbonyl (C=O) groups excluding carboxylic acids is 1. The summed E-state index contributed by atoms with van der Waals surface area (Å²) in [6, 6.07) is 7.74. The molecule has 1 amide bonds. The number of hydrogen-bond donors (Lipinski definition) is 1. The Morgan fingerprint density at radius 3 is 2.75 bits per heavy atom. The summed E-state index contributed by atoms with van der Waals surface area (Å²) in [7, 11) is 1.66. The minimum absolute atomic E-state index is 0.0299. The van der Waals surface area contributed by atoms with E-state index in [1.807, 2.05) is 24.3 Å². The largest absolute Gasteiger partial charge is 0.384 e. The Hall–Kier alpha value is -0.270. The molecular weight excluding hydrogens is 337 g/mol. The predicted molar refractivity (Wildman–Crippen MR) is 77.0 cm³/mol. The van der Waals surface area contributed by atoms with E-state index >= 15 is 0 Å². The van der Waals surface area contributed by atoms with Gasteiger partial charge in [0.05, 0.1) is 12.4 Å². The highest BCUT2D eigenvalue weighted by molar-refractivity contribution is 14.1. The van der Waals surface area contributed by atoms with Crippen LogP contribution in [-0.4, -0.2) is 31.1 Å². The number of nitrogens with one attached hydrogen (secondary N) is 1. The number of carbonyl (C=O) groups is 1. The maximum absolute atomic E-state index is 11.5. The van der Waals surface area contributed by atoms with Gasteiger partial charge in [-0.05, 0) is 46.9 Å². The van der Waals surface area contributed by atoms with Gasteiger partial charge in [-0.1, -0.05) is 0 Å². The summed E-state index contributed by atoms with van der Waals surface area (Å²) in [5.41, 5.74) is 0.845. The second-order valence-electron chi connectivity index (χ2n) is 3.10. The molecule has 1 rings (SSSR count). The third kappa shape index (κ3) is 5.72. The summed E-state index contributed by atoms with van der Waals surface area (Å²) in [5, 5.41) is 2.84. The van der Waals surface area contributed by atoms with Gasteiger partial charge in [-0.3, -0.25) is 4.79 Å². The summed E-state index contributed by atoms with van der Waals surface area (Å²) in [6.07, 6.45) is 0. The van der Waals surface area contributed by atoms with Crippen LogP contribution in [-0.2, 0) is 9.53 Å². The lowest BCUT2D eigenvalue weighted by Crippen LogP contribution is -2.14. The maximum Gasteiger partial charge on any atom is 0.234 e. The minimum Gasteiger partial charge on any atom is -0.384 e. The van der Waals surface area contributed by atoms with Crippen molar-refractivity contribution in [3.63, 3.8) is 0 Å². The lowest BCUT2D eigenvalue weighted by molar-refractivity contribution is -0.113. The smallest absolute Gasteiger partial charge is 0.234 e. The molecule has 0 fully saturated rings. The Balaban J connectivity index is 2.26. The number of halogens is 1. The van der Waals surface area contributed by atoms with Crippen LogP contribution in [0.4, 0.5) is 5.69 Å². The van der Waals surface area contributed by atoms with Crippen molar-refractivity contribution in [2.75, 3.05) is 30.5 Å². The summed E-state index contributed by atoms with van der Waals surface area (Å²) in [4.78, 5) is 11.5. The Bertz CT molecular complexity index is 329. The fourth-order valence-electron chi connectivity index (χ4n) is 1.04. The van der Waals surface area contributed by atoms with Gasteiger partial charge in [0.1, 0.15) is 0 Å². The van der Waals surface area contributed by atoms with Crippen LogP contribution in [0.3, 0.4) is 0 Å². The maximum atomic E-state index is 11.5. The Morgan fingerprint density at radius 2 is 2.12 bits per heavy atom. The fraction of sp³-hybridized carbons (Fsp3) is 0.364. The number of ether oxygens (including phenoxy) is 1. The summed E-state index contributed by atoms with van der Waals surface area (Å²) < 4.78 is 6.06. The van der Waals surface area contributed by atoms with E-state index in [-0.39, 0.29) is 5.91 Å². The highest BCUT2D eigenvalue weighted by Gasteiger charge is 2.01. The van der Waals surface area contributed by atoms with E-state index in [1.165, 1.54) is 0 Å². The molecule has 0 aromatic heterocycles. The van der Waals surface area contributed by atoms with E-state index in [4.69, 9.17) is 4.74 Å². The van der Waals surface area contributed by atoms with Crippen LogP contribution in [0.2, 0.25) is 0 Å². The lowest BCUT2D eigenvalue weighted by Gasteiger charge is -2.04. The van der Waals surface area contributed by atoms with Gasteiger partial charge in [0, 0.05) is 22.1 Å². The van der Waals surface area contributed by atoms with Crippen molar-refractivity contribution in [3.05, 3.63) is 27.8 Å². The zero-order chi connectivity index (χ0) is 11.8. The van der Waals surface area contributed by atoms with Crippen molar-refractivity contribution in [3.8, 4) is 0 Å². The van der Waals surface area contributed by atoms with Crippen LogP contribution in [0.5, 0.6) is 0 Å². The van der Waals surface area contributed by atoms with Crippen LogP contribution in [0.15, 0.2) is 24.3 Å². The van der Waals surface area contributed by atoms with E-state index in [0.29, 0.717) is 12.4 Å². The number of benzene rings is 1. The number of anilines is 1. The minimum atomic E-state index is 0.0299. The molecular formula is C11H14INO2S. The molecule has 88 valence electrons. The predicted octanol–water partition coefficient (Wildman–Crippen LogP) is 2.61. The highest BCUT2D eigenvalue weighted by Crippen LogP contribution is 2.11. The number of methoxy groups -OCH3 is 1. The fourth-order valence-corrected chi connectivity index (χ4v) is 2.08. The van der Waals surface area contributed by atoms with Crippen molar-refractivity contribution in [1.82, 2.24) is 0 Å². The molecule has 0 saturated heterocycles. The van der Waals surface area contributed by atoms with E-state index in [0.717, 1.165) is 15.0 Å². The van der Waals surface area contributed by atoms with Gasteiger partial charge in [0.2, 0.25) is 5.91 Å². The molecule has 1 aromatic rings. The van der Waals surface area contributed by atoms with E-state index < -0.39 is 0 Å². The molecule has 0 radical (unpaired) electrons. The van der Waals surface area contributed by atoms with Crippen molar-refractivity contribution in [2.24, 2.45) is 0 Å². The summed E-state index contributed by atoms with van der Waals surface area (Å²) in [5.74, 6) is 1.34. The quantitative estimate of drug-likeness (QED) is 0.633. The van der Waals surface area contributed by atoms with Crippen LogP contribution in [0.1, 0.15) is 0 Å². The molecule has 0 saturated carbocycles. The SMILES string of the molecule is COCCSCC(=O)Nc1ccc(I)cc1. The van der Waals surface area contributed by atoms with Crippen molar-refractivity contribution >= 4 is 45.9 Å². The molecule has 0 aliphatic rings. The van der Waals surface area contributed by atoms with Gasteiger partial charge in [0.25, 0.3) is 0 Å². The van der Waals surface area contributed by atoms with Crippen LogP contribution in [0.25, 0.3) is 0 Å². The van der Waals surface area contributed by atoms with Gasteiger partial charge in [-0.25, -0.2) is 0 Å². The zero-order valence-electron chi connectivity index (χ0n) is 9.03. The topological polar surface area (TPSA) is 38.3 Å². The second-order valence-corrected chi connectivity index (χ2v) is 5.45. The first-order valence-electron chi connectivity index (χ1n) is 4.84. The molecule has 0 spiro atoms. The number of hydrogen-bond acceptors (Lipinski definition) is 3. The van der Waals surface area contributed by atoms with Crippen LogP contribution in [0, 0.1) is 3.57 Å². The first-order valence-corrected chi connectivity index (χ1v) is 7.08. The number of rotatable bonds is 6. The van der Waals surface area contributed by atoms with Gasteiger partial charge in [0.15, 0.2) is 0 Å². The zero-order valence-corrected chi connectivity index (χ0v) is 12.0. The van der Waals surface area contributed by atoms with Crippen molar-refractivity contribution in [1.29, 1.82) is 0 Å². The summed E-state index contributed by atoms with van der Waals surface area (Å²) in [6.45, 7) is 0.682. The first-order chi connectivity index (χ1) is 7.72. The standard InChI is InChI=1S/C11H14INO2S/c1-15-6-7-16-8-11(14)13-10-4-2-9(12)3-5-10/h2-5H,6-8H2,1H3,(H,13,14). The molecule has 0 unspecified atom stereocenters. The van der Waals surface area contributed by atoms with Gasteiger partial charge >= 0.3 is 0 Å². The first kappa shape index (κ1) is 13.8. The molecule has 0 bridgehead atoms. The number of amides is 1. The average molecular weight is 351 g/mol. The molecule has 3 nitrogen and oxygen atoms in total. The normalized spacial score (nSPS) is 10.1. The van der Waals surface area contributed by atoms with Crippen LogP contribution < -0.4 is 5.32 Å². The number of thioether (sulfide) groups is 1. The van der Waals surface area contributed by atoms with Crippen molar-refractivity contribution in [2.45, 2.75) is 0 Å². The highest BCUT2D eigenvalue weighted by atomic mass is 127. The monoisotopic (exact) mass is 351 g/mol. The van der Waals surface area contributed by atoms with Gasteiger partial charge in [-0.15, -0.1) is 11.8 Å². The molecule has 1 N–H and O–H groups in total. The average Bonchev–Trinajstić information content (AvgIpc) is 2.28. The second kappa shape index (κ2) is 7.92. The van der Waals surface area contributed by atoms with Gasteiger partial charge in [-0.2, -0.15) is 0 Å². The van der Waals surface area contributed by atoms with E-state index in [1.54, 1.807) is 18.9 Å². The Labute approximate surface area is 113 Å². The van der Waals surface area contributed by atoms with Crippen molar-refractivity contribution < 1.29 is 9.53 Å². The Morgan fingerprint density at radius 1 is 1.44 bits per heavy atom. The molecule has 0 heterocycles. The third-order valence-corrected chi connectivity index (χ3v) is 3.43. The van der Waals surface area contributed by atoms with Crippen LogP contribution >= 0.6 is 34.4 Å². The lowest BCUT2D eigenvalue weighted by atomic mass is 10.3.